The van der Waals surface area contributed by atoms with Gasteiger partial charge < -0.3 is 15.4 Å². The SMILES string of the molecule is CCCN(C(=O)CSc1ccccc1OC)c1c(N)n(Cc2ccccc2)c(=O)[nH]c1=O. The van der Waals surface area contributed by atoms with Crippen LogP contribution >= 0.6 is 11.8 Å². The van der Waals surface area contributed by atoms with Gasteiger partial charge in [-0.05, 0) is 24.1 Å². The average molecular weight is 455 g/mol. The maximum Gasteiger partial charge on any atom is 0.330 e. The number of hydrogen-bond acceptors (Lipinski definition) is 6. The van der Waals surface area contributed by atoms with Gasteiger partial charge in [-0.25, -0.2) is 4.79 Å². The van der Waals surface area contributed by atoms with Crippen molar-refractivity contribution in [3.05, 3.63) is 81.0 Å². The van der Waals surface area contributed by atoms with Crippen LogP contribution in [0.4, 0.5) is 11.5 Å². The number of nitrogens with one attached hydrogen (secondary N) is 1. The van der Waals surface area contributed by atoms with Crippen LogP contribution in [0.5, 0.6) is 5.75 Å². The van der Waals surface area contributed by atoms with Crippen LogP contribution < -0.4 is 26.6 Å². The van der Waals surface area contributed by atoms with Crippen molar-refractivity contribution in [1.82, 2.24) is 9.55 Å². The number of H-pyrrole nitrogens is 1. The van der Waals surface area contributed by atoms with Gasteiger partial charge in [-0.2, -0.15) is 0 Å². The molecule has 3 rings (SSSR count). The molecule has 0 atom stereocenters. The number of anilines is 2. The van der Waals surface area contributed by atoms with Gasteiger partial charge in [0.15, 0.2) is 5.69 Å². The first-order chi connectivity index (χ1) is 15.5. The molecule has 0 fully saturated rings. The number of ether oxygens (including phenoxy) is 1. The van der Waals surface area contributed by atoms with E-state index in [4.69, 9.17) is 10.5 Å². The lowest BCUT2D eigenvalue weighted by Gasteiger charge is -2.24. The summed E-state index contributed by atoms with van der Waals surface area (Å²) >= 11 is 1.31. The van der Waals surface area contributed by atoms with Crippen LogP contribution in [-0.4, -0.2) is 34.9 Å². The molecule has 1 amide bonds. The number of para-hydroxylation sites is 1. The Morgan fingerprint density at radius 3 is 2.50 bits per heavy atom. The number of amides is 1. The molecule has 2 aromatic carbocycles. The van der Waals surface area contributed by atoms with Gasteiger partial charge in [-0.15, -0.1) is 11.8 Å². The molecular formula is C23H26N4O4S. The molecule has 0 aliphatic heterocycles. The van der Waals surface area contributed by atoms with Gasteiger partial charge in [0.2, 0.25) is 5.91 Å². The fourth-order valence-corrected chi connectivity index (χ4v) is 4.20. The Labute approximate surface area is 190 Å². The van der Waals surface area contributed by atoms with E-state index in [-0.39, 0.29) is 29.7 Å². The zero-order valence-corrected chi connectivity index (χ0v) is 18.9. The number of carbonyl (C=O) groups is 1. The highest BCUT2D eigenvalue weighted by atomic mass is 32.2. The maximum atomic E-state index is 13.1. The summed E-state index contributed by atoms with van der Waals surface area (Å²) in [5, 5.41) is 0. The minimum atomic E-state index is -0.680. The van der Waals surface area contributed by atoms with Gasteiger partial charge in [0.05, 0.1) is 19.4 Å². The van der Waals surface area contributed by atoms with Crippen LogP contribution in [0.25, 0.3) is 0 Å². The minimum Gasteiger partial charge on any atom is -0.496 e. The standard InChI is InChI=1S/C23H26N4O4S/c1-3-13-26(19(28)15-32-18-12-8-7-11-17(18)31-2)20-21(24)27(23(30)25-22(20)29)14-16-9-5-4-6-10-16/h4-12H,3,13-15,24H2,1-2H3,(H,25,29,30). The quantitative estimate of drug-likeness (QED) is 0.481. The largest absolute Gasteiger partial charge is 0.496 e. The van der Waals surface area contributed by atoms with Crippen molar-refractivity contribution in [3.8, 4) is 5.75 Å². The van der Waals surface area contributed by atoms with Crippen molar-refractivity contribution in [1.29, 1.82) is 0 Å². The Kier molecular flexibility index (Phi) is 7.77. The lowest BCUT2D eigenvalue weighted by molar-refractivity contribution is -0.116. The maximum absolute atomic E-state index is 13.1. The molecule has 1 aromatic heterocycles. The highest BCUT2D eigenvalue weighted by Crippen LogP contribution is 2.29. The summed E-state index contributed by atoms with van der Waals surface area (Å²) in [5.41, 5.74) is 5.82. The summed E-state index contributed by atoms with van der Waals surface area (Å²) in [7, 11) is 1.57. The molecule has 0 unspecified atom stereocenters. The van der Waals surface area contributed by atoms with Crippen LogP contribution in [-0.2, 0) is 11.3 Å². The molecule has 0 spiro atoms. The van der Waals surface area contributed by atoms with Gasteiger partial charge in [0.25, 0.3) is 5.56 Å². The number of thioether (sulfide) groups is 1. The number of benzene rings is 2. The van der Waals surface area contributed by atoms with Crippen LogP contribution in [0, 0.1) is 0 Å². The number of methoxy groups -OCH3 is 1. The number of hydrogen-bond donors (Lipinski definition) is 2. The molecule has 0 saturated carbocycles. The Bertz CT molecular complexity index is 1190. The zero-order valence-electron chi connectivity index (χ0n) is 18.0. The van der Waals surface area contributed by atoms with Crippen molar-refractivity contribution in [2.75, 3.05) is 30.0 Å². The van der Waals surface area contributed by atoms with E-state index in [9.17, 15) is 14.4 Å². The second kappa shape index (κ2) is 10.7. The van der Waals surface area contributed by atoms with Crippen LogP contribution in [0.15, 0.2) is 69.1 Å². The van der Waals surface area contributed by atoms with E-state index in [2.05, 4.69) is 4.98 Å². The van der Waals surface area contributed by atoms with Gasteiger partial charge in [0, 0.05) is 11.4 Å². The van der Waals surface area contributed by atoms with E-state index in [1.807, 2.05) is 61.5 Å². The van der Waals surface area contributed by atoms with E-state index >= 15 is 0 Å². The topological polar surface area (TPSA) is 110 Å². The molecule has 0 bridgehead atoms. The Morgan fingerprint density at radius 1 is 1.12 bits per heavy atom. The number of carbonyl (C=O) groups excluding carboxylic acids is 1. The fourth-order valence-electron chi connectivity index (χ4n) is 3.30. The second-order valence-corrected chi connectivity index (χ2v) is 8.07. The third-order valence-electron chi connectivity index (χ3n) is 4.84. The molecule has 3 aromatic rings. The summed E-state index contributed by atoms with van der Waals surface area (Å²) in [4.78, 5) is 42.8. The van der Waals surface area contributed by atoms with Crippen LogP contribution in [0.2, 0.25) is 0 Å². The Morgan fingerprint density at radius 2 is 1.81 bits per heavy atom. The number of nitrogen functional groups attached to an aromatic ring is 1. The van der Waals surface area contributed by atoms with E-state index in [1.165, 1.54) is 21.2 Å². The van der Waals surface area contributed by atoms with E-state index < -0.39 is 11.2 Å². The molecule has 32 heavy (non-hydrogen) atoms. The Balaban J connectivity index is 1.93. The summed E-state index contributed by atoms with van der Waals surface area (Å²) in [6.45, 7) is 2.37. The first kappa shape index (κ1) is 23.2. The fraction of sp³-hybridized carbons (Fsp3) is 0.261. The van der Waals surface area contributed by atoms with E-state index in [0.29, 0.717) is 18.7 Å². The Hall–Kier alpha value is -3.46. The van der Waals surface area contributed by atoms with Gasteiger partial charge >= 0.3 is 5.69 Å². The zero-order chi connectivity index (χ0) is 23.1. The van der Waals surface area contributed by atoms with Crippen LogP contribution in [0.1, 0.15) is 18.9 Å². The molecule has 0 radical (unpaired) electrons. The third-order valence-corrected chi connectivity index (χ3v) is 5.88. The van der Waals surface area contributed by atoms with Crippen molar-refractivity contribution in [3.63, 3.8) is 0 Å². The number of aromatic amines is 1. The molecule has 0 aliphatic carbocycles. The predicted molar refractivity (Wildman–Crippen MR) is 128 cm³/mol. The summed E-state index contributed by atoms with van der Waals surface area (Å²) in [6, 6.07) is 16.7. The monoisotopic (exact) mass is 454 g/mol. The highest BCUT2D eigenvalue weighted by Gasteiger charge is 2.24. The van der Waals surface area contributed by atoms with Crippen molar-refractivity contribution < 1.29 is 9.53 Å². The second-order valence-electron chi connectivity index (χ2n) is 7.05. The lowest BCUT2D eigenvalue weighted by Crippen LogP contribution is -2.42. The first-order valence-corrected chi connectivity index (χ1v) is 11.2. The molecule has 1 heterocycles. The third kappa shape index (κ3) is 5.23. The van der Waals surface area contributed by atoms with Gasteiger partial charge in [0.1, 0.15) is 11.6 Å². The number of aromatic nitrogens is 2. The molecule has 9 heteroatoms. The van der Waals surface area contributed by atoms with Gasteiger partial charge in [-0.3, -0.25) is 19.1 Å². The molecular weight excluding hydrogens is 428 g/mol. The molecule has 168 valence electrons. The lowest BCUT2D eigenvalue weighted by atomic mass is 10.2. The van der Waals surface area contributed by atoms with Crippen molar-refractivity contribution in [2.24, 2.45) is 0 Å². The molecule has 3 N–H and O–H groups in total. The summed E-state index contributed by atoms with van der Waals surface area (Å²) < 4.78 is 6.61. The highest BCUT2D eigenvalue weighted by molar-refractivity contribution is 8.00. The van der Waals surface area contributed by atoms with Crippen molar-refractivity contribution in [2.45, 2.75) is 24.8 Å². The van der Waals surface area contributed by atoms with Crippen LogP contribution in [0.3, 0.4) is 0 Å². The van der Waals surface area contributed by atoms with Gasteiger partial charge in [-0.1, -0.05) is 49.4 Å². The normalized spacial score (nSPS) is 10.7. The predicted octanol–water partition coefficient (Wildman–Crippen LogP) is 2.71. The number of rotatable bonds is 9. The first-order valence-electron chi connectivity index (χ1n) is 10.2. The average Bonchev–Trinajstić information content (AvgIpc) is 2.80. The summed E-state index contributed by atoms with van der Waals surface area (Å²) in [6.07, 6.45) is 0.613. The van der Waals surface area contributed by atoms with Crippen molar-refractivity contribution >= 4 is 29.2 Å². The molecule has 0 aliphatic rings. The minimum absolute atomic E-state index is 0.00647. The van der Waals surface area contributed by atoms with E-state index in [0.717, 1.165) is 10.5 Å². The number of nitrogens with two attached hydrogens (primary N) is 1. The van der Waals surface area contributed by atoms with E-state index in [1.54, 1.807) is 7.11 Å². The molecule has 0 saturated heterocycles. The number of nitrogens with zero attached hydrogens (tertiary/aromatic N) is 2. The molecule has 8 nitrogen and oxygen atoms in total. The summed E-state index contributed by atoms with van der Waals surface area (Å²) in [5.74, 6) is 0.425. The smallest absolute Gasteiger partial charge is 0.330 e.